The molecule has 0 saturated heterocycles. The van der Waals surface area contributed by atoms with E-state index in [0.29, 0.717) is 26.1 Å². The van der Waals surface area contributed by atoms with Gasteiger partial charge in [0, 0.05) is 25.6 Å². The third kappa shape index (κ3) is 5.38. The third-order valence-corrected chi connectivity index (χ3v) is 1.99. The van der Waals surface area contributed by atoms with E-state index in [-0.39, 0.29) is 5.91 Å². The van der Waals surface area contributed by atoms with E-state index in [4.69, 9.17) is 10.00 Å². The highest BCUT2D eigenvalue weighted by atomic mass is 16.5. The first-order valence-corrected chi connectivity index (χ1v) is 5.08. The van der Waals surface area contributed by atoms with E-state index in [1.165, 1.54) is 0 Å². The molecular weight excluding hydrogens is 192 g/mol. The molecule has 0 radical (unpaired) electrons. The van der Waals surface area contributed by atoms with Gasteiger partial charge in [-0.05, 0) is 0 Å². The fourth-order valence-electron chi connectivity index (χ4n) is 1.18. The van der Waals surface area contributed by atoms with E-state index in [0.717, 1.165) is 0 Å². The lowest BCUT2D eigenvalue weighted by molar-refractivity contribution is -0.140. The second kappa shape index (κ2) is 6.41. The lowest BCUT2D eigenvalue weighted by atomic mass is 9.94. The minimum Gasteiger partial charge on any atom is -0.383 e. The lowest BCUT2D eigenvalue weighted by Gasteiger charge is -2.28. The molecule has 1 amide bonds. The number of carbonyl (C=O) groups excluding carboxylic acids is 1. The monoisotopic (exact) mass is 212 g/mol. The van der Waals surface area contributed by atoms with E-state index < -0.39 is 5.41 Å². The molecule has 0 bridgehead atoms. The zero-order chi connectivity index (χ0) is 11.9. The Balaban J connectivity index is 4.35. The molecule has 0 spiro atoms. The van der Waals surface area contributed by atoms with Gasteiger partial charge in [-0.3, -0.25) is 4.79 Å². The second-order valence-electron chi connectivity index (χ2n) is 4.44. The van der Waals surface area contributed by atoms with Crippen molar-refractivity contribution in [1.29, 1.82) is 5.26 Å². The molecule has 86 valence electrons. The Labute approximate surface area is 91.8 Å². The van der Waals surface area contributed by atoms with Crippen LogP contribution in [0.1, 0.15) is 27.2 Å². The smallest absolute Gasteiger partial charge is 0.228 e. The zero-order valence-electron chi connectivity index (χ0n) is 10.0. The number of hydrogen-bond acceptors (Lipinski definition) is 3. The molecule has 15 heavy (non-hydrogen) atoms. The van der Waals surface area contributed by atoms with Crippen molar-refractivity contribution < 1.29 is 9.53 Å². The Bertz CT molecular complexity index is 238. The Morgan fingerprint density at radius 2 is 2.00 bits per heavy atom. The topological polar surface area (TPSA) is 53.3 Å². The zero-order valence-corrected chi connectivity index (χ0v) is 10.0. The maximum Gasteiger partial charge on any atom is 0.228 e. The van der Waals surface area contributed by atoms with Crippen molar-refractivity contribution in [2.45, 2.75) is 27.2 Å². The third-order valence-electron chi connectivity index (χ3n) is 1.99. The van der Waals surface area contributed by atoms with Gasteiger partial charge >= 0.3 is 0 Å². The van der Waals surface area contributed by atoms with Gasteiger partial charge in [0.1, 0.15) is 0 Å². The van der Waals surface area contributed by atoms with Gasteiger partial charge in [-0.15, -0.1) is 0 Å². The summed E-state index contributed by atoms with van der Waals surface area (Å²) in [4.78, 5) is 13.6. The number of hydrogen-bond donors (Lipinski definition) is 0. The summed E-state index contributed by atoms with van der Waals surface area (Å²) in [6.07, 6.45) is 0.367. The van der Waals surface area contributed by atoms with Crippen LogP contribution in [-0.4, -0.2) is 37.6 Å². The maximum absolute atomic E-state index is 11.9. The van der Waals surface area contributed by atoms with Gasteiger partial charge in [0.25, 0.3) is 0 Å². The molecule has 0 aliphatic rings. The van der Waals surface area contributed by atoms with Crippen LogP contribution in [0.5, 0.6) is 0 Å². The SMILES string of the molecule is COCCN(CCC#N)C(=O)C(C)(C)C. The fourth-order valence-corrected chi connectivity index (χ4v) is 1.18. The van der Waals surface area contributed by atoms with Crippen LogP contribution in [0.2, 0.25) is 0 Å². The largest absolute Gasteiger partial charge is 0.383 e. The number of methoxy groups -OCH3 is 1. The first-order valence-electron chi connectivity index (χ1n) is 5.08. The molecule has 0 N–H and O–H groups in total. The van der Waals surface area contributed by atoms with Crippen LogP contribution < -0.4 is 0 Å². The average molecular weight is 212 g/mol. The average Bonchev–Trinajstić information content (AvgIpc) is 2.16. The number of carbonyl (C=O) groups is 1. The highest BCUT2D eigenvalue weighted by Crippen LogP contribution is 2.17. The molecule has 0 aliphatic carbocycles. The number of nitriles is 1. The fraction of sp³-hybridized carbons (Fsp3) is 0.818. The summed E-state index contributed by atoms with van der Waals surface area (Å²) in [6, 6.07) is 2.05. The van der Waals surface area contributed by atoms with E-state index in [1.54, 1.807) is 12.0 Å². The van der Waals surface area contributed by atoms with Crippen LogP contribution >= 0.6 is 0 Å². The molecule has 0 aromatic rings. The summed E-state index contributed by atoms with van der Waals surface area (Å²) in [6.45, 7) is 7.17. The molecule has 0 unspecified atom stereocenters. The van der Waals surface area contributed by atoms with E-state index in [9.17, 15) is 4.79 Å². The van der Waals surface area contributed by atoms with Crippen LogP contribution in [0.15, 0.2) is 0 Å². The van der Waals surface area contributed by atoms with Crippen LogP contribution in [0.3, 0.4) is 0 Å². The summed E-state index contributed by atoms with van der Waals surface area (Å²) in [5, 5.41) is 8.51. The van der Waals surface area contributed by atoms with Crippen LogP contribution in [0.4, 0.5) is 0 Å². The summed E-state index contributed by atoms with van der Waals surface area (Å²) in [7, 11) is 1.60. The van der Waals surface area contributed by atoms with Gasteiger partial charge < -0.3 is 9.64 Å². The second-order valence-corrected chi connectivity index (χ2v) is 4.44. The van der Waals surface area contributed by atoms with Gasteiger partial charge in [0.2, 0.25) is 5.91 Å². The quantitative estimate of drug-likeness (QED) is 0.692. The van der Waals surface area contributed by atoms with Crippen molar-refractivity contribution in [2.24, 2.45) is 5.41 Å². The van der Waals surface area contributed by atoms with E-state index >= 15 is 0 Å². The first-order chi connectivity index (χ1) is 6.93. The molecular formula is C11H20N2O2. The summed E-state index contributed by atoms with van der Waals surface area (Å²) >= 11 is 0. The molecule has 0 saturated carbocycles. The maximum atomic E-state index is 11.9. The number of rotatable bonds is 5. The van der Waals surface area contributed by atoms with Crippen molar-refractivity contribution in [3.63, 3.8) is 0 Å². The van der Waals surface area contributed by atoms with Crippen molar-refractivity contribution in [3.8, 4) is 6.07 Å². The van der Waals surface area contributed by atoms with Gasteiger partial charge in [0.05, 0.1) is 19.1 Å². The minimum atomic E-state index is -0.400. The normalized spacial score (nSPS) is 10.9. The van der Waals surface area contributed by atoms with Crippen molar-refractivity contribution in [1.82, 2.24) is 4.90 Å². The van der Waals surface area contributed by atoms with Crippen LogP contribution in [-0.2, 0) is 9.53 Å². The number of nitrogens with zero attached hydrogens (tertiary/aromatic N) is 2. The van der Waals surface area contributed by atoms with Gasteiger partial charge in [-0.25, -0.2) is 0 Å². The molecule has 0 atom stereocenters. The molecule has 0 heterocycles. The Hall–Kier alpha value is -1.08. The molecule has 0 aromatic carbocycles. The van der Waals surface area contributed by atoms with Gasteiger partial charge in [-0.2, -0.15) is 5.26 Å². The molecule has 4 heteroatoms. The predicted molar refractivity (Wildman–Crippen MR) is 58.1 cm³/mol. The van der Waals surface area contributed by atoms with Crippen LogP contribution in [0.25, 0.3) is 0 Å². The molecule has 0 aromatic heterocycles. The molecule has 0 fully saturated rings. The van der Waals surface area contributed by atoms with Gasteiger partial charge in [0.15, 0.2) is 0 Å². The summed E-state index contributed by atoms with van der Waals surface area (Å²) in [5.41, 5.74) is -0.400. The van der Waals surface area contributed by atoms with Crippen LogP contribution in [0, 0.1) is 16.7 Å². The van der Waals surface area contributed by atoms with Gasteiger partial charge in [-0.1, -0.05) is 20.8 Å². The van der Waals surface area contributed by atoms with E-state index in [1.807, 2.05) is 26.8 Å². The predicted octanol–water partition coefficient (Wildman–Crippen LogP) is 1.42. The van der Waals surface area contributed by atoms with Crippen molar-refractivity contribution in [3.05, 3.63) is 0 Å². The summed E-state index contributed by atoms with van der Waals surface area (Å²) < 4.78 is 4.94. The number of amides is 1. The Morgan fingerprint density at radius 1 is 1.40 bits per heavy atom. The van der Waals surface area contributed by atoms with Crippen molar-refractivity contribution >= 4 is 5.91 Å². The highest BCUT2D eigenvalue weighted by Gasteiger charge is 2.26. The standard InChI is InChI=1S/C11H20N2O2/c1-11(2,3)10(14)13(7-5-6-12)8-9-15-4/h5,7-9H2,1-4H3. The molecule has 0 aliphatic heterocycles. The molecule has 4 nitrogen and oxygen atoms in total. The minimum absolute atomic E-state index is 0.0646. The van der Waals surface area contributed by atoms with Crippen molar-refractivity contribution in [2.75, 3.05) is 26.8 Å². The Kier molecular flexibility index (Phi) is 5.95. The number of ether oxygens (including phenoxy) is 1. The first kappa shape index (κ1) is 13.9. The molecule has 0 rings (SSSR count). The highest BCUT2D eigenvalue weighted by molar-refractivity contribution is 5.81. The lowest BCUT2D eigenvalue weighted by Crippen LogP contribution is -2.41. The van der Waals surface area contributed by atoms with E-state index in [2.05, 4.69) is 0 Å². The Morgan fingerprint density at radius 3 is 2.40 bits per heavy atom. The summed E-state index contributed by atoms with van der Waals surface area (Å²) in [5.74, 6) is 0.0646.